The number of hydrogen-bond donors (Lipinski definition) is 3. The van der Waals surface area contributed by atoms with Crippen LogP contribution in [0.4, 0.5) is 15.5 Å². The van der Waals surface area contributed by atoms with E-state index in [0.29, 0.717) is 36.5 Å². The molecule has 3 aromatic heterocycles. The summed E-state index contributed by atoms with van der Waals surface area (Å²) in [6.45, 7) is 2.25. The van der Waals surface area contributed by atoms with Crippen LogP contribution in [0.3, 0.4) is 0 Å². The molecular weight excluding hydrogens is 440 g/mol. The molecule has 33 heavy (non-hydrogen) atoms. The fraction of sp³-hybridized carbons (Fsp3) is 0.304. The van der Waals surface area contributed by atoms with Crippen LogP contribution in [0.1, 0.15) is 33.8 Å². The third kappa shape index (κ3) is 5.58. The van der Waals surface area contributed by atoms with Gasteiger partial charge in [0.25, 0.3) is 0 Å². The molecule has 1 atom stereocenters. The zero-order valence-corrected chi connectivity index (χ0v) is 19.3. The fourth-order valence-corrected chi connectivity index (χ4v) is 4.99. The molecule has 0 aliphatic heterocycles. The minimum Gasteiger partial charge on any atom is -0.446 e. The molecule has 2 amide bonds. The van der Waals surface area contributed by atoms with Crippen LogP contribution < -0.4 is 16.4 Å². The van der Waals surface area contributed by atoms with Gasteiger partial charge in [0.15, 0.2) is 0 Å². The van der Waals surface area contributed by atoms with Crippen molar-refractivity contribution in [1.82, 2.24) is 20.1 Å². The van der Waals surface area contributed by atoms with E-state index in [-0.39, 0.29) is 12.0 Å². The maximum absolute atomic E-state index is 12.3. The highest BCUT2D eigenvalue weighted by Crippen LogP contribution is 2.40. The number of carbonyl (C=O) groups excluding carboxylic acids is 2. The zero-order chi connectivity index (χ0) is 23.4. The molecule has 0 saturated carbocycles. The molecule has 0 spiro atoms. The summed E-state index contributed by atoms with van der Waals surface area (Å²) in [7, 11) is 1.84. The molecule has 4 N–H and O–H groups in total. The number of pyridine rings is 1. The van der Waals surface area contributed by atoms with Crippen LogP contribution in [0.25, 0.3) is 6.08 Å². The first-order chi connectivity index (χ1) is 15.9. The monoisotopic (exact) mass is 466 g/mol. The van der Waals surface area contributed by atoms with E-state index in [0.717, 1.165) is 27.4 Å². The number of carbonyl (C=O) groups is 2. The molecule has 3 aromatic rings. The minimum absolute atomic E-state index is 0.238. The van der Waals surface area contributed by atoms with Crippen molar-refractivity contribution >= 4 is 40.1 Å². The molecule has 0 fully saturated rings. The quantitative estimate of drug-likeness (QED) is 0.479. The summed E-state index contributed by atoms with van der Waals surface area (Å²) in [5.74, 6) is -0.262. The number of amides is 2. The van der Waals surface area contributed by atoms with Gasteiger partial charge in [0, 0.05) is 36.8 Å². The predicted octanol–water partition coefficient (Wildman–Crippen LogP) is 3.20. The molecule has 0 bridgehead atoms. The van der Waals surface area contributed by atoms with E-state index in [1.165, 1.54) is 17.4 Å². The Labute approximate surface area is 195 Å². The highest BCUT2D eigenvalue weighted by atomic mass is 32.1. The third-order valence-electron chi connectivity index (χ3n) is 5.40. The molecule has 1 aliphatic rings. The Morgan fingerprint density at radius 1 is 1.42 bits per heavy atom. The van der Waals surface area contributed by atoms with Gasteiger partial charge < -0.3 is 21.1 Å². The molecule has 1 aliphatic carbocycles. The normalized spacial score (nSPS) is 15.3. The van der Waals surface area contributed by atoms with Crippen LogP contribution in [0.5, 0.6) is 0 Å². The van der Waals surface area contributed by atoms with Gasteiger partial charge >= 0.3 is 6.09 Å². The number of nitrogens with zero attached hydrogens (tertiary/aromatic N) is 3. The van der Waals surface area contributed by atoms with Crippen LogP contribution in [0.15, 0.2) is 36.7 Å². The lowest BCUT2D eigenvalue weighted by atomic mass is 9.95. The molecule has 3 heterocycles. The second-order valence-electron chi connectivity index (χ2n) is 7.88. The first-order valence-corrected chi connectivity index (χ1v) is 11.4. The number of aryl methyl sites for hydroxylation is 2. The van der Waals surface area contributed by atoms with Crippen molar-refractivity contribution < 1.29 is 14.3 Å². The van der Waals surface area contributed by atoms with Gasteiger partial charge in [-0.1, -0.05) is 6.07 Å². The average Bonchev–Trinajstić information content (AvgIpc) is 3.28. The van der Waals surface area contributed by atoms with Crippen LogP contribution in [0.2, 0.25) is 0 Å². The van der Waals surface area contributed by atoms with E-state index in [9.17, 15) is 9.59 Å². The van der Waals surface area contributed by atoms with Gasteiger partial charge in [-0.05, 0) is 49.1 Å². The number of ether oxygens (including phenoxy) is 1. The number of thiophene rings is 1. The summed E-state index contributed by atoms with van der Waals surface area (Å²) in [4.78, 5) is 29.6. The second-order valence-corrected chi connectivity index (χ2v) is 8.99. The largest absolute Gasteiger partial charge is 0.446 e. The predicted molar refractivity (Wildman–Crippen MR) is 128 cm³/mol. The van der Waals surface area contributed by atoms with Crippen molar-refractivity contribution in [2.24, 2.45) is 7.05 Å². The van der Waals surface area contributed by atoms with Gasteiger partial charge in [-0.3, -0.25) is 14.5 Å². The zero-order valence-electron chi connectivity index (χ0n) is 18.5. The van der Waals surface area contributed by atoms with Crippen molar-refractivity contribution in [3.63, 3.8) is 0 Å². The second kappa shape index (κ2) is 9.86. The van der Waals surface area contributed by atoms with Gasteiger partial charge in [-0.15, -0.1) is 11.3 Å². The highest BCUT2D eigenvalue weighted by Gasteiger charge is 2.27. The Hall–Kier alpha value is -3.66. The minimum atomic E-state index is -0.458. The lowest BCUT2D eigenvalue weighted by molar-refractivity contribution is -0.111. The van der Waals surface area contributed by atoms with Crippen molar-refractivity contribution in [3.8, 4) is 0 Å². The summed E-state index contributed by atoms with van der Waals surface area (Å²) in [6, 6.07) is 5.59. The molecule has 9 nitrogen and oxygen atoms in total. The summed E-state index contributed by atoms with van der Waals surface area (Å²) in [5, 5.41) is 10.5. The Bertz CT molecular complexity index is 1180. The van der Waals surface area contributed by atoms with E-state index in [4.69, 9.17) is 10.5 Å². The number of nitrogens with one attached hydrogen (secondary N) is 2. The molecular formula is C23H26N6O3S. The maximum Gasteiger partial charge on any atom is 0.407 e. The number of nitrogens with two attached hydrogens (primary N) is 1. The van der Waals surface area contributed by atoms with Gasteiger partial charge in [0.05, 0.1) is 23.6 Å². The summed E-state index contributed by atoms with van der Waals surface area (Å²) >= 11 is 1.43. The van der Waals surface area contributed by atoms with Crippen molar-refractivity contribution in [3.05, 3.63) is 64.1 Å². The van der Waals surface area contributed by atoms with E-state index < -0.39 is 6.09 Å². The number of fused-ring (bicyclic) bond motifs is 1. The number of anilines is 2. The highest BCUT2D eigenvalue weighted by molar-refractivity contribution is 7.17. The smallest absolute Gasteiger partial charge is 0.407 e. The maximum atomic E-state index is 12.3. The van der Waals surface area contributed by atoms with Gasteiger partial charge in [0.1, 0.15) is 11.1 Å². The topological polar surface area (TPSA) is 124 Å². The van der Waals surface area contributed by atoms with Crippen molar-refractivity contribution in [1.29, 1.82) is 0 Å². The lowest BCUT2D eigenvalue weighted by Crippen LogP contribution is -2.32. The summed E-state index contributed by atoms with van der Waals surface area (Å²) in [6.07, 6.45) is 7.75. The lowest BCUT2D eigenvalue weighted by Gasteiger charge is -2.22. The van der Waals surface area contributed by atoms with Crippen LogP contribution in [-0.4, -0.2) is 32.9 Å². The van der Waals surface area contributed by atoms with Gasteiger partial charge in [0.2, 0.25) is 5.91 Å². The van der Waals surface area contributed by atoms with E-state index in [1.807, 2.05) is 26.1 Å². The first kappa shape index (κ1) is 22.5. The van der Waals surface area contributed by atoms with Crippen LogP contribution in [-0.2, 0) is 36.0 Å². The number of hydrogen-bond acceptors (Lipinski definition) is 7. The van der Waals surface area contributed by atoms with E-state index in [1.54, 1.807) is 29.2 Å². The van der Waals surface area contributed by atoms with Crippen LogP contribution in [0, 0.1) is 6.92 Å². The summed E-state index contributed by atoms with van der Waals surface area (Å²) < 4.78 is 7.35. The molecule has 0 saturated heterocycles. The fourth-order valence-electron chi connectivity index (χ4n) is 3.76. The number of rotatable bonds is 6. The molecule has 0 aromatic carbocycles. The molecule has 1 unspecified atom stereocenters. The van der Waals surface area contributed by atoms with Crippen molar-refractivity contribution in [2.45, 2.75) is 38.8 Å². The van der Waals surface area contributed by atoms with Crippen LogP contribution >= 0.6 is 11.3 Å². The summed E-state index contributed by atoms with van der Waals surface area (Å²) in [5.41, 5.74) is 10.5. The van der Waals surface area contributed by atoms with E-state index in [2.05, 4.69) is 20.7 Å². The molecule has 0 radical (unpaired) electrons. The number of alkyl carbamates (subject to hydrolysis) is 1. The third-order valence-corrected chi connectivity index (χ3v) is 6.58. The van der Waals surface area contributed by atoms with Gasteiger partial charge in [-0.25, -0.2) is 4.79 Å². The van der Waals surface area contributed by atoms with Gasteiger partial charge in [-0.2, -0.15) is 5.10 Å². The van der Waals surface area contributed by atoms with E-state index >= 15 is 0 Å². The average molecular weight is 467 g/mol. The first-order valence-electron chi connectivity index (χ1n) is 10.6. The molecule has 172 valence electrons. The SMILES string of the molecule is Cc1cc(CNC(=O)OC2CCc3c(sc(NC(=O)/C=C/c4cccnc4)c3N)C2)n(C)n1. The number of aromatic nitrogens is 3. The Balaban J connectivity index is 1.32. The molecule has 10 heteroatoms. The molecule has 4 rings (SSSR count). The Morgan fingerprint density at radius 3 is 3.00 bits per heavy atom. The Morgan fingerprint density at radius 2 is 2.27 bits per heavy atom. The Kier molecular flexibility index (Phi) is 6.74. The number of nitrogen functional groups attached to an aromatic ring is 1. The van der Waals surface area contributed by atoms with Crippen molar-refractivity contribution in [2.75, 3.05) is 11.1 Å². The standard InChI is InChI=1S/C23H26N6O3S/c1-14-10-16(29(2)28-14)13-26-23(31)32-17-6-7-18-19(11-17)33-22(21(18)24)27-20(30)8-5-15-4-3-9-25-12-15/h3-5,8-10,12,17H,6-7,11,13,24H2,1-2H3,(H,26,31)(H,27,30)/b8-5+.